The number of aliphatic hydroxyl groups excluding tert-OH is 1. The molecule has 1 N–H and O–H groups in total. The van der Waals surface area contributed by atoms with Gasteiger partial charge >= 0.3 is 0 Å². The molecule has 0 aliphatic carbocycles. The lowest BCUT2D eigenvalue weighted by Crippen LogP contribution is -2.10. The van der Waals surface area contributed by atoms with Crippen molar-refractivity contribution in [2.75, 3.05) is 0 Å². The van der Waals surface area contributed by atoms with Crippen molar-refractivity contribution in [3.8, 4) is 0 Å². The number of nitrogens with zero attached hydrogens (tertiary/aromatic N) is 2. The molecule has 1 atom stereocenters. The van der Waals surface area contributed by atoms with Gasteiger partial charge in [-0.2, -0.15) is 5.10 Å². The zero-order valence-electron chi connectivity index (χ0n) is 10.2. The van der Waals surface area contributed by atoms with Crippen molar-refractivity contribution < 1.29 is 9.50 Å². The van der Waals surface area contributed by atoms with Crippen LogP contribution in [0.25, 0.3) is 0 Å². The Kier molecular flexibility index (Phi) is 3.68. The van der Waals surface area contributed by atoms with E-state index >= 15 is 0 Å². The summed E-state index contributed by atoms with van der Waals surface area (Å²) >= 11 is 6.02. The first-order valence-corrected chi connectivity index (χ1v) is 6.07. The molecule has 96 valence electrons. The van der Waals surface area contributed by atoms with Gasteiger partial charge in [-0.1, -0.05) is 23.7 Å². The predicted molar refractivity (Wildman–Crippen MR) is 68.1 cm³/mol. The van der Waals surface area contributed by atoms with Crippen molar-refractivity contribution in [2.45, 2.75) is 26.5 Å². The highest BCUT2D eigenvalue weighted by molar-refractivity contribution is 6.31. The summed E-state index contributed by atoms with van der Waals surface area (Å²) < 4.78 is 14.8. The zero-order valence-corrected chi connectivity index (χ0v) is 10.9. The van der Waals surface area contributed by atoms with Gasteiger partial charge < -0.3 is 5.11 Å². The third kappa shape index (κ3) is 2.26. The largest absolute Gasteiger partial charge is 0.382 e. The van der Waals surface area contributed by atoms with Crippen LogP contribution in [-0.2, 0) is 6.54 Å². The van der Waals surface area contributed by atoms with Crippen LogP contribution in [-0.4, -0.2) is 14.9 Å². The lowest BCUT2D eigenvalue weighted by molar-refractivity contribution is 0.208. The molecule has 2 rings (SSSR count). The van der Waals surface area contributed by atoms with Gasteiger partial charge in [-0.05, 0) is 31.0 Å². The van der Waals surface area contributed by atoms with E-state index in [0.29, 0.717) is 28.4 Å². The monoisotopic (exact) mass is 268 g/mol. The number of benzene rings is 1. The smallest absolute Gasteiger partial charge is 0.126 e. The summed E-state index contributed by atoms with van der Waals surface area (Å²) in [5.74, 6) is -0.291. The molecule has 1 heterocycles. The first-order valence-electron chi connectivity index (χ1n) is 5.70. The zero-order chi connectivity index (χ0) is 13.3. The molecule has 18 heavy (non-hydrogen) atoms. The van der Waals surface area contributed by atoms with Gasteiger partial charge in [-0.15, -0.1) is 0 Å². The first-order chi connectivity index (χ1) is 8.54. The number of aryl methyl sites for hydroxylation is 2. The molecule has 0 radical (unpaired) electrons. The average molecular weight is 269 g/mol. The Bertz CT molecular complexity index is 568. The van der Waals surface area contributed by atoms with E-state index in [9.17, 15) is 9.50 Å². The van der Waals surface area contributed by atoms with Crippen molar-refractivity contribution in [1.82, 2.24) is 9.78 Å². The quantitative estimate of drug-likeness (QED) is 0.929. The molecule has 0 aliphatic rings. The molecule has 1 aromatic heterocycles. The molecule has 1 unspecified atom stereocenters. The standard InChI is InChI=1S/C13H14ClFN2O/c1-3-17-12(10(14)7-16-17)13(18)9-4-5-11(15)8(2)6-9/h4-7,13,18H,3H2,1-2H3. The maximum atomic E-state index is 13.2. The molecule has 0 bridgehead atoms. The van der Waals surface area contributed by atoms with Gasteiger partial charge in [0, 0.05) is 6.54 Å². The maximum absolute atomic E-state index is 13.2. The molecule has 0 fully saturated rings. The fraction of sp³-hybridized carbons (Fsp3) is 0.308. The third-order valence-electron chi connectivity index (χ3n) is 2.89. The second kappa shape index (κ2) is 5.08. The number of aromatic nitrogens is 2. The topological polar surface area (TPSA) is 38.0 Å². The minimum absolute atomic E-state index is 0.291. The molecule has 3 nitrogen and oxygen atoms in total. The number of hydrogen-bond acceptors (Lipinski definition) is 2. The van der Waals surface area contributed by atoms with Gasteiger partial charge in [-0.25, -0.2) is 4.39 Å². The van der Waals surface area contributed by atoms with Crippen molar-refractivity contribution in [2.24, 2.45) is 0 Å². The van der Waals surface area contributed by atoms with E-state index in [-0.39, 0.29) is 5.82 Å². The minimum Gasteiger partial charge on any atom is -0.382 e. The summed E-state index contributed by atoms with van der Waals surface area (Å²) in [5, 5.41) is 14.8. The summed E-state index contributed by atoms with van der Waals surface area (Å²) in [4.78, 5) is 0. The van der Waals surface area contributed by atoms with Gasteiger partial charge in [0.15, 0.2) is 0 Å². The highest BCUT2D eigenvalue weighted by Gasteiger charge is 2.19. The Labute approximate surface area is 110 Å². The molecule has 5 heteroatoms. The van der Waals surface area contributed by atoms with Crippen LogP contribution < -0.4 is 0 Å². The maximum Gasteiger partial charge on any atom is 0.126 e. The Hall–Kier alpha value is -1.39. The van der Waals surface area contributed by atoms with E-state index < -0.39 is 6.10 Å². The molecular formula is C13H14ClFN2O. The second-order valence-corrected chi connectivity index (χ2v) is 4.51. The van der Waals surface area contributed by atoms with Crippen LogP contribution in [0.5, 0.6) is 0 Å². The summed E-state index contributed by atoms with van der Waals surface area (Å²) in [7, 11) is 0. The van der Waals surface area contributed by atoms with E-state index in [2.05, 4.69) is 5.10 Å². The molecule has 0 saturated carbocycles. The fourth-order valence-corrected chi connectivity index (χ4v) is 2.14. The van der Waals surface area contributed by atoms with Gasteiger partial charge in [0.2, 0.25) is 0 Å². The fourth-order valence-electron chi connectivity index (χ4n) is 1.89. The van der Waals surface area contributed by atoms with Crippen LogP contribution in [0, 0.1) is 12.7 Å². The number of hydrogen-bond donors (Lipinski definition) is 1. The van der Waals surface area contributed by atoms with Gasteiger partial charge in [0.25, 0.3) is 0 Å². The number of halogens is 2. The van der Waals surface area contributed by atoms with Crippen LogP contribution in [0.2, 0.25) is 5.02 Å². The van der Waals surface area contributed by atoms with Gasteiger partial charge in [-0.3, -0.25) is 4.68 Å². The van der Waals surface area contributed by atoms with Crippen LogP contribution in [0.15, 0.2) is 24.4 Å². The van der Waals surface area contributed by atoms with Crippen molar-refractivity contribution in [3.05, 3.63) is 52.1 Å². The molecule has 0 saturated heterocycles. The van der Waals surface area contributed by atoms with Crippen molar-refractivity contribution in [3.63, 3.8) is 0 Å². The van der Waals surface area contributed by atoms with Crippen molar-refractivity contribution >= 4 is 11.6 Å². The van der Waals surface area contributed by atoms with E-state index in [4.69, 9.17) is 11.6 Å². The van der Waals surface area contributed by atoms with E-state index in [0.717, 1.165) is 0 Å². The molecule has 1 aromatic carbocycles. The van der Waals surface area contributed by atoms with Crippen molar-refractivity contribution in [1.29, 1.82) is 0 Å². The summed E-state index contributed by atoms with van der Waals surface area (Å²) in [6, 6.07) is 4.51. The molecule has 2 aromatic rings. The number of rotatable bonds is 3. The van der Waals surface area contributed by atoms with Crippen LogP contribution in [0.3, 0.4) is 0 Å². The van der Waals surface area contributed by atoms with E-state index in [1.54, 1.807) is 23.7 Å². The lowest BCUT2D eigenvalue weighted by Gasteiger charge is -2.14. The highest BCUT2D eigenvalue weighted by atomic mass is 35.5. The summed E-state index contributed by atoms with van der Waals surface area (Å²) in [6.45, 7) is 4.18. The SMILES string of the molecule is CCn1ncc(Cl)c1C(O)c1ccc(F)c(C)c1. The Morgan fingerprint density at radius 1 is 1.50 bits per heavy atom. The molecule has 0 amide bonds. The van der Waals surface area contributed by atoms with Gasteiger partial charge in [0.05, 0.1) is 16.9 Å². The Morgan fingerprint density at radius 3 is 2.83 bits per heavy atom. The number of aliphatic hydroxyl groups is 1. The Balaban J connectivity index is 2.44. The normalized spacial score (nSPS) is 12.7. The lowest BCUT2D eigenvalue weighted by atomic mass is 10.0. The first kappa shape index (κ1) is 13.1. The third-order valence-corrected chi connectivity index (χ3v) is 3.18. The molecule has 0 spiro atoms. The Morgan fingerprint density at radius 2 is 2.22 bits per heavy atom. The summed E-state index contributed by atoms with van der Waals surface area (Å²) in [5.41, 5.74) is 1.63. The minimum atomic E-state index is -0.903. The average Bonchev–Trinajstić information content (AvgIpc) is 2.73. The highest BCUT2D eigenvalue weighted by Crippen LogP contribution is 2.28. The van der Waals surface area contributed by atoms with E-state index in [1.807, 2.05) is 6.92 Å². The molecular weight excluding hydrogens is 255 g/mol. The summed E-state index contributed by atoms with van der Waals surface area (Å²) in [6.07, 6.45) is 0.597. The van der Waals surface area contributed by atoms with Crippen LogP contribution >= 0.6 is 11.6 Å². The van der Waals surface area contributed by atoms with E-state index in [1.165, 1.54) is 12.3 Å². The predicted octanol–water partition coefficient (Wildman–Crippen LogP) is 3.09. The van der Waals surface area contributed by atoms with Crippen LogP contribution in [0.4, 0.5) is 4.39 Å². The van der Waals surface area contributed by atoms with Gasteiger partial charge in [0.1, 0.15) is 11.9 Å². The van der Waals surface area contributed by atoms with Crippen LogP contribution in [0.1, 0.15) is 29.8 Å². The second-order valence-electron chi connectivity index (χ2n) is 4.10. The molecule has 0 aliphatic heterocycles.